The van der Waals surface area contributed by atoms with Crippen LogP contribution in [0.4, 0.5) is 0 Å². The van der Waals surface area contributed by atoms with Gasteiger partial charge in [-0.15, -0.1) is 0 Å². The minimum absolute atomic E-state index is 0.0978. The summed E-state index contributed by atoms with van der Waals surface area (Å²) < 4.78 is 12.0. The zero-order valence-electron chi connectivity index (χ0n) is 11.8. The van der Waals surface area contributed by atoms with Crippen LogP contribution in [-0.4, -0.2) is 15.0 Å². The van der Waals surface area contributed by atoms with E-state index < -0.39 is 15.0 Å². The standard InChI is InChI=1S/C18H10O4Se/c19-17-11-5-1-3-7-13(11)21-9-15(17)23-16-10-22-14-8-4-2-6-12(14)18(16)20/h1-10H. The zero-order valence-corrected chi connectivity index (χ0v) is 13.5. The molecule has 2 aromatic heterocycles. The van der Waals surface area contributed by atoms with E-state index in [1.807, 2.05) is 12.1 Å². The predicted octanol–water partition coefficient (Wildman–Crippen LogP) is 1.55. The Labute approximate surface area is 136 Å². The van der Waals surface area contributed by atoms with Crippen LogP contribution in [0, 0.1) is 0 Å². The number of fused-ring (bicyclic) bond motifs is 2. The van der Waals surface area contributed by atoms with Crippen LogP contribution >= 0.6 is 0 Å². The van der Waals surface area contributed by atoms with E-state index in [0.29, 0.717) is 30.9 Å². The van der Waals surface area contributed by atoms with Crippen LogP contribution in [0.2, 0.25) is 0 Å². The van der Waals surface area contributed by atoms with Gasteiger partial charge in [-0.1, -0.05) is 0 Å². The van der Waals surface area contributed by atoms with Crippen LogP contribution in [0.25, 0.3) is 21.9 Å². The topological polar surface area (TPSA) is 60.4 Å². The molecule has 0 amide bonds. The summed E-state index contributed by atoms with van der Waals surface area (Å²) in [5.41, 5.74) is 0.893. The molecule has 0 aliphatic heterocycles. The fourth-order valence-electron chi connectivity index (χ4n) is 2.38. The molecule has 5 heteroatoms. The van der Waals surface area contributed by atoms with E-state index >= 15 is 0 Å². The Balaban J connectivity index is 1.85. The predicted molar refractivity (Wildman–Crippen MR) is 90.0 cm³/mol. The van der Waals surface area contributed by atoms with Crippen molar-refractivity contribution in [2.24, 2.45) is 0 Å². The summed E-state index contributed by atoms with van der Waals surface area (Å²) >= 11 is -0.477. The fraction of sp³-hybridized carbons (Fsp3) is 0. The summed E-state index contributed by atoms with van der Waals surface area (Å²) in [4.78, 5) is 25.1. The number of para-hydroxylation sites is 2. The Morgan fingerprint density at radius 1 is 0.652 bits per heavy atom. The van der Waals surface area contributed by atoms with E-state index in [1.54, 1.807) is 36.4 Å². The van der Waals surface area contributed by atoms with E-state index in [9.17, 15) is 9.59 Å². The second-order valence-corrected chi connectivity index (χ2v) is 7.23. The van der Waals surface area contributed by atoms with Gasteiger partial charge in [0, 0.05) is 0 Å². The Bertz CT molecular complexity index is 1050. The number of hydrogen-bond donors (Lipinski definition) is 0. The van der Waals surface area contributed by atoms with Gasteiger partial charge in [0.2, 0.25) is 0 Å². The van der Waals surface area contributed by atoms with Crippen molar-refractivity contribution >= 4 is 45.8 Å². The second-order valence-electron chi connectivity index (χ2n) is 4.95. The molecule has 4 nitrogen and oxygen atoms in total. The third-order valence-corrected chi connectivity index (χ3v) is 5.62. The van der Waals surface area contributed by atoms with Crippen molar-refractivity contribution in [1.82, 2.24) is 0 Å². The molecular weight excluding hydrogens is 359 g/mol. The van der Waals surface area contributed by atoms with Crippen LogP contribution in [0.1, 0.15) is 0 Å². The first-order chi connectivity index (χ1) is 11.2. The van der Waals surface area contributed by atoms with Gasteiger partial charge in [-0.2, -0.15) is 0 Å². The molecule has 0 aliphatic carbocycles. The average molecular weight is 369 g/mol. The van der Waals surface area contributed by atoms with Crippen molar-refractivity contribution in [1.29, 1.82) is 0 Å². The number of rotatable bonds is 2. The van der Waals surface area contributed by atoms with Gasteiger partial charge in [-0.3, -0.25) is 0 Å². The van der Waals surface area contributed by atoms with E-state index in [-0.39, 0.29) is 10.9 Å². The van der Waals surface area contributed by atoms with Gasteiger partial charge in [0.15, 0.2) is 0 Å². The Morgan fingerprint density at radius 3 is 1.57 bits per heavy atom. The summed E-state index contributed by atoms with van der Waals surface area (Å²) in [6.07, 6.45) is 2.89. The molecule has 0 N–H and O–H groups in total. The van der Waals surface area contributed by atoms with Gasteiger partial charge >= 0.3 is 136 Å². The zero-order chi connectivity index (χ0) is 15.8. The SMILES string of the molecule is O=c1c([Se]c2coc3ccccc3c2=O)coc2ccccc12. The second kappa shape index (κ2) is 5.54. The van der Waals surface area contributed by atoms with Crippen molar-refractivity contribution in [3.05, 3.63) is 81.5 Å². The molecule has 0 unspecified atom stereocenters. The third kappa shape index (κ3) is 2.40. The summed E-state index contributed by atoms with van der Waals surface area (Å²) in [7, 11) is 0. The number of benzene rings is 2. The quantitative estimate of drug-likeness (QED) is 0.503. The van der Waals surface area contributed by atoms with Gasteiger partial charge in [-0.05, 0) is 0 Å². The molecule has 0 radical (unpaired) electrons. The van der Waals surface area contributed by atoms with E-state index in [0.717, 1.165) is 0 Å². The molecule has 0 aliphatic rings. The van der Waals surface area contributed by atoms with Crippen molar-refractivity contribution < 1.29 is 8.83 Å². The molecule has 0 spiro atoms. The summed E-state index contributed by atoms with van der Waals surface area (Å²) in [6.45, 7) is 0. The molecule has 0 atom stereocenters. The average Bonchev–Trinajstić information content (AvgIpc) is 2.60. The maximum absolute atomic E-state index is 12.5. The van der Waals surface area contributed by atoms with Crippen molar-refractivity contribution in [2.75, 3.05) is 0 Å². The van der Waals surface area contributed by atoms with Gasteiger partial charge in [0.05, 0.1) is 0 Å². The first-order valence-corrected chi connectivity index (χ1v) is 8.64. The van der Waals surface area contributed by atoms with E-state index in [1.165, 1.54) is 12.5 Å². The molecule has 4 rings (SSSR count). The normalized spacial score (nSPS) is 11.1. The Hall–Kier alpha value is -2.62. The maximum atomic E-state index is 12.5. The molecule has 4 aromatic rings. The molecular formula is C18H10O4Se. The fourth-order valence-corrected chi connectivity index (χ4v) is 4.13. The van der Waals surface area contributed by atoms with Gasteiger partial charge in [-0.25, -0.2) is 0 Å². The van der Waals surface area contributed by atoms with Gasteiger partial charge < -0.3 is 0 Å². The van der Waals surface area contributed by atoms with Crippen molar-refractivity contribution in [3.63, 3.8) is 0 Å². The summed E-state index contributed by atoms with van der Waals surface area (Å²) in [5.74, 6) is 0. The van der Waals surface area contributed by atoms with Crippen molar-refractivity contribution in [3.8, 4) is 0 Å². The van der Waals surface area contributed by atoms with Crippen LogP contribution < -0.4 is 19.8 Å². The van der Waals surface area contributed by atoms with Crippen molar-refractivity contribution in [2.45, 2.75) is 0 Å². The van der Waals surface area contributed by atoms with Crippen LogP contribution in [0.5, 0.6) is 0 Å². The summed E-state index contributed by atoms with van der Waals surface area (Å²) in [5, 5.41) is 1.05. The molecule has 2 heterocycles. The van der Waals surface area contributed by atoms with Crippen LogP contribution in [0.3, 0.4) is 0 Å². The third-order valence-electron chi connectivity index (χ3n) is 3.52. The molecule has 23 heavy (non-hydrogen) atoms. The molecule has 0 saturated heterocycles. The van der Waals surface area contributed by atoms with E-state index in [4.69, 9.17) is 8.83 Å². The number of hydrogen-bond acceptors (Lipinski definition) is 4. The molecule has 112 valence electrons. The molecule has 0 saturated carbocycles. The van der Waals surface area contributed by atoms with E-state index in [2.05, 4.69) is 0 Å². The van der Waals surface area contributed by atoms with Crippen LogP contribution in [0.15, 0.2) is 79.5 Å². The monoisotopic (exact) mass is 370 g/mol. The van der Waals surface area contributed by atoms with Gasteiger partial charge in [0.25, 0.3) is 0 Å². The first-order valence-electron chi connectivity index (χ1n) is 6.93. The Morgan fingerprint density at radius 2 is 1.09 bits per heavy atom. The molecule has 2 aromatic carbocycles. The van der Waals surface area contributed by atoms with Crippen LogP contribution in [-0.2, 0) is 0 Å². The molecule has 0 fully saturated rings. The summed E-state index contributed by atoms with van der Waals surface area (Å²) in [6, 6.07) is 14.2. The molecule has 0 bridgehead atoms. The van der Waals surface area contributed by atoms with Gasteiger partial charge in [0.1, 0.15) is 0 Å². The Kier molecular flexibility index (Phi) is 3.37. The minimum atomic E-state index is -0.477. The first kappa shape index (κ1) is 14.0.